The molecule has 20 heavy (non-hydrogen) atoms. The van der Waals surface area contributed by atoms with E-state index in [9.17, 15) is 4.79 Å². The number of carbonyl (C=O) groups excluding carboxylic acids is 1. The molecule has 0 heterocycles. The van der Waals surface area contributed by atoms with Gasteiger partial charge in [-0.05, 0) is 37.6 Å². The van der Waals surface area contributed by atoms with Crippen molar-refractivity contribution < 1.29 is 4.79 Å². The molecule has 3 nitrogen and oxygen atoms in total. The SMILES string of the molecule is CC(C)N(Cc1ccccc1)C(=O)c1cccc(N)c1. The Morgan fingerprint density at radius 3 is 2.40 bits per heavy atom. The van der Waals surface area contributed by atoms with Gasteiger partial charge in [-0.1, -0.05) is 36.4 Å². The molecule has 0 fully saturated rings. The summed E-state index contributed by atoms with van der Waals surface area (Å²) in [6, 6.07) is 17.3. The van der Waals surface area contributed by atoms with Crippen LogP contribution in [0.3, 0.4) is 0 Å². The van der Waals surface area contributed by atoms with Gasteiger partial charge in [-0.25, -0.2) is 0 Å². The van der Waals surface area contributed by atoms with E-state index < -0.39 is 0 Å². The van der Waals surface area contributed by atoms with Crippen LogP contribution in [0, 0.1) is 0 Å². The fraction of sp³-hybridized carbons (Fsp3) is 0.235. The van der Waals surface area contributed by atoms with E-state index in [1.807, 2.05) is 55.1 Å². The van der Waals surface area contributed by atoms with Crippen LogP contribution in [0.25, 0.3) is 0 Å². The van der Waals surface area contributed by atoms with E-state index in [1.165, 1.54) is 0 Å². The van der Waals surface area contributed by atoms with E-state index in [-0.39, 0.29) is 11.9 Å². The van der Waals surface area contributed by atoms with Gasteiger partial charge in [0.2, 0.25) is 0 Å². The molecule has 0 aliphatic heterocycles. The fourth-order valence-corrected chi connectivity index (χ4v) is 2.11. The number of anilines is 1. The second-order valence-corrected chi connectivity index (χ2v) is 5.14. The molecule has 2 aromatic carbocycles. The van der Waals surface area contributed by atoms with E-state index in [1.54, 1.807) is 18.2 Å². The van der Waals surface area contributed by atoms with Gasteiger partial charge in [0.05, 0.1) is 0 Å². The highest BCUT2D eigenvalue weighted by molar-refractivity contribution is 5.95. The molecule has 2 N–H and O–H groups in total. The first-order chi connectivity index (χ1) is 9.58. The number of carbonyl (C=O) groups is 1. The normalized spacial score (nSPS) is 10.6. The average molecular weight is 268 g/mol. The molecule has 0 aromatic heterocycles. The van der Waals surface area contributed by atoms with Crippen molar-refractivity contribution in [2.45, 2.75) is 26.4 Å². The molecular weight excluding hydrogens is 248 g/mol. The largest absolute Gasteiger partial charge is 0.399 e. The van der Waals surface area contributed by atoms with Crippen LogP contribution in [0.15, 0.2) is 54.6 Å². The molecule has 0 atom stereocenters. The third kappa shape index (κ3) is 3.38. The van der Waals surface area contributed by atoms with Crippen LogP contribution in [-0.4, -0.2) is 16.8 Å². The van der Waals surface area contributed by atoms with Gasteiger partial charge in [-0.3, -0.25) is 4.79 Å². The number of nitrogens with zero attached hydrogens (tertiary/aromatic N) is 1. The van der Waals surface area contributed by atoms with E-state index in [0.717, 1.165) is 5.56 Å². The quantitative estimate of drug-likeness (QED) is 0.865. The summed E-state index contributed by atoms with van der Waals surface area (Å²) in [5.41, 5.74) is 8.12. The molecule has 0 saturated heterocycles. The van der Waals surface area contributed by atoms with Crippen LogP contribution in [0.2, 0.25) is 0 Å². The summed E-state index contributed by atoms with van der Waals surface area (Å²) in [7, 11) is 0. The number of amides is 1. The lowest BCUT2D eigenvalue weighted by atomic mass is 10.1. The maximum absolute atomic E-state index is 12.6. The van der Waals surface area contributed by atoms with E-state index >= 15 is 0 Å². The molecule has 104 valence electrons. The van der Waals surface area contributed by atoms with Gasteiger partial charge in [0.25, 0.3) is 5.91 Å². The summed E-state index contributed by atoms with van der Waals surface area (Å²) >= 11 is 0. The number of nitrogens with two attached hydrogens (primary N) is 1. The first-order valence-corrected chi connectivity index (χ1v) is 6.78. The van der Waals surface area contributed by atoms with Crippen molar-refractivity contribution in [3.05, 3.63) is 65.7 Å². The fourth-order valence-electron chi connectivity index (χ4n) is 2.11. The van der Waals surface area contributed by atoms with Crippen molar-refractivity contribution >= 4 is 11.6 Å². The van der Waals surface area contributed by atoms with Crippen molar-refractivity contribution in [1.82, 2.24) is 4.90 Å². The smallest absolute Gasteiger partial charge is 0.254 e. The number of rotatable bonds is 4. The van der Waals surface area contributed by atoms with Crippen LogP contribution >= 0.6 is 0 Å². The maximum Gasteiger partial charge on any atom is 0.254 e. The minimum atomic E-state index is 0.0103. The Balaban J connectivity index is 2.23. The zero-order chi connectivity index (χ0) is 14.5. The van der Waals surface area contributed by atoms with Gasteiger partial charge in [0, 0.05) is 23.8 Å². The number of nitrogen functional groups attached to an aromatic ring is 1. The molecule has 0 spiro atoms. The second kappa shape index (κ2) is 6.24. The average Bonchev–Trinajstić information content (AvgIpc) is 2.45. The van der Waals surface area contributed by atoms with Crippen molar-refractivity contribution in [3.8, 4) is 0 Å². The van der Waals surface area contributed by atoms with Crippen LogP contribution in [0.1, 0.15) is 29.8 Å². The summed E-state index contributed by atoms with van der Waals surface area (Å²) < 4.78 is 0. The Hall–Kier alpha value is -2.29. The summed E-state index contributed by atoms with van der Waals surface area (Å²) in [6.45, 7) is 4.65. The van der Waals surface area contributed by atoms with Gasteiger partial charge in [-0.15, -0.1) is 0 Å². The minimum absolute atomic E-state index is 0.0103. The Morgan fingerprint density at radius 1 is 1.10 bits per heavy atom. The lowest BCUT2D eigenvalue weighted by molar-refractivity contribution is 0.0690. The monoisotopic (exact) mass is 268 g/mol. The maximum atomic E-state index is 12.6. The topological polar surface area (TPSA) is 46.3 Å². The molecule has 3 heteroatoms. The lowest BCUT2D eigenvalue weighted by Gasteiger charge is -2.27. The van der Waals surface area contributed by atoms with Crippen molar-refractivity contribution in [1.29, 1.82) is 0 Å². The molecule has 2 aromatic rings. The standard InChI is InChI=1S/C17H20N2O/c1-13(2)19(12-14-7-4-3-5-8-14)17(20)15-9-6-10-16(18)11-15/h3-11,13H,12,18H2,1-2H3. The van der Waals surface area contributed by atoms with Crippen LogP contribution in [0.5, 0.6) is 0 Å². The summed E-state index contributed by atoms with van der Waals surface area (Å²) in [5.74, 6) is 0.0103. The molecule has 0 aliphatic carbocycles. The van der Waals surface area contributed by atoms with E-state index in [4.69, 9.17) is 5.73 Å². The molecule has 0 aliphatic rings. The first-order valence-electron chi connectivity index (χ1n) is 6.78. The van der Waals surface area contributed by atoms with Gasteiger partial charge in [0.15, 0.2) is 0 Å². The van der Waals surface area contributed by atoms with Crippen molar-refractivity contribution in [3.63, 3.8) is 0 Å². The molecular formula is C17H20N2O. The molecule has 0 saturated carbocycles. The van der Waals surface area contributed by atoms with E-state index in [2.05, 4.69) is 0 Å². The number of benzene rings is 2. The lowest BCUT2D eigenvalue weighted by Crippen LogP contribution is -2.36. The summed E-state index contributed by atoms with van der Waals surface area (Å²) in [5, 5.41) is 0. The second-order valence-electron chi connectivity index (χ2n) is 5.14. The van der Waals surface area contributed by atoms with Crippen molar-refractivity contribution in [2.24, 2.45) is 0 Å². The molecule has 1 amide bonds. The Bertz CT molecular complexity index is 579. The van der Waals surface area contributed by atoms with E-state index in [0.29, 0.717) is 17.8 Å². The van der Waals surface area contributed by atoms with Crippen LogP contribution < -0.4 is 5.73 Å². The Kier molecular flexibility index (Phi) is 4.41. The predicted octanol–water partition coefficient (Wildman–Crippen LogP) is 3.32. The van der Waals surface area contributed by atoms with Crippen LogP contribution in [0.4, 0.5) is 5.69 Å². The van der Waals surface area contributed by atoms with Gasteiger partial charge >= 0.3 is 0 Å². The zero-order valence-electron chi connectivity index (χ0n) is 11.9. The molecule has 0 unspecified atom stereocenters. The third-order valence-electron chi connectivity index (χ3n) is 3.21. The Morgan fingerprint density at radius 2 is 1.80 bits per heavy atom. The van der Waals surface area contributed by atoms with Gasteiger partial charge < -0.3 is 10.6 Å². The Labute approximate surface area is 120 Å². The highest BCUT2D eigenvalue weighted by Gasteiger charge is 2.19. The predicted molar refractivity (Wildman–Crippen MR) is 82.3 cm³/mol. The van der Waals surface area contributed by atoms with Crippen molar-refractivity contribution in [2.75, 3.05) is 5.73 Å². The molecule has 0 bridgehead atoms. The van der Waals surface area contributed by atoms with Gasteiger partial charge in [0.1, 0.15) is 0 Å². The van der Waals surface area contributed by atoms with Gasteiger partial charge in [-0.2, -0.15) is 0 Å². The minimum Gasteiger partial charge on any atom is -0.399 e. The summed E-state index contributed by atoms with van der Waals surface area (Å²) in [4.78, 5) is 14.5. The summed E-state index contributed by atoms with van der Waals surface area (Å²) in [6.07, 6.45) is 0. The van der Waals surface area contributed by atoms with Crippen LogP contribution in [-0.2, 0) is 6.54 Å². The molecule has 2 rings (SSSR count). The third-order valence-corrected chi connectivity index (χ3v) is 3.21. The number of hydrogen-bond acceptors (Lipinski definition) is 2. The molecule has 0 radical (unpaired) electrons. The highest BCUT2D eigenvalue weighted by Crippen LogP contribution is 2.15. The first kappa shape index (κ1) is 14.1. The highest BCUT2D eigenvalue weighted by atomic mass is 16.2. The zero-order valence-corrected chi connectivity index (χ0v) is 11.9. The number of hydrogen-bond donors (Lipinski definition) is 1.